The number of nitro benzene ring substituents is 1. The minimum atomic E-state index is -5.11. The van der Waals surface area contributed by atoms with E-state index >= 15 is 0 Å². The van der Waals surface area contributed by atoms with Gasteiger partial charge in [-0.25, -0.2) is 9.59 Å². The van der Waals surface area contributed by atoms with Crippen molar-refractivity contribution in [3.63, 3.8) is 0 Å². The van der Waals surface area contributed by atoms with E-state index in [0.717, 1.165) is 19.2 Å². The minimum absolute atomic E-state index is 0.0506. The van der Waals surface area contributed by atoms with Crippen LogP contribution in [0.2, 0.25) is 0 Å². The Bertz CT molecular complexity index is 972. The molecule has 0 fully saturated rings. The number of carboxylic acids is 1. The highest BCUT2D eigenvalue weighted by molar-refractivity contribution is 5.99. The van der Waals surface area contributed by atoms with E-state index in [9.17, 15) is 38.0 Å². The third kappa shape index (κ3) is 5.42. The number of carbonyl (C=O) groups excluding carboxylic acids is 1. The summed E-state index contributed by atoms with van der Waals surface area (Å²) in [5.41, 5.74) is -4.41. The van der Waals surface area contributed by atoms with Gasteiger partial charge in [0.05, 0.1) is 54.6 Å². The van der Waals surface area contributed by atoms with E-state index in [2.05, 4.69) is 4.74 Å². The van der Waals surface area contributed by atoms with Crippen molar-refractivity contribution in [3.05, 3.63) is 62.5 Å². The molecular weight excluding hydrogens is 441 g/mol. The van der Waals surface area contributed by atoms with Crippen LogP contribution in [0.1, 0.15) is 11.5 Å². The number of hydrogen-bond acceptors (Lipinski definition) is 8. The van der Waals surface area contributed by atoms with Gasteiger partial charge >= 0.3 is 18.1 Å². The van der Waals surface area contributed by atoms with Crippen LogP contribution in [-0.2, 0) is 23.8 Å². The second-order valence-corrected chi connectivity index (χ2v) is 6.43. The standard InChI is InChI=1S/C19H19F3N2O8/c1-30-6-7-32-9-12-14(17(25)26)13(10-4-3-5-11(8-10)24(28)29)15(18(27)31-2)16(23-12)19(20,21)22/h3-5,8,13,23H,6-7,9H2,1-2H3,(H,25,26). The number of rotatable bonds is 9. The molecule has 2 N–H and O–H groups in total. The highest BCUT2D eigenvalue weighted by atomic mass is 19.4. The van der Waals surface area contributed by atoms with Crippen molar-refractivity contribution in [2.75, 3.05) is 34.0 Å². The first-order valence-corrected chi connectivity index (χ1v) is 8.97. The average Bonchev–Trinajstić information content (AvgIpc) is 2.74. The number of ether oxygens (including phenoxy) is 3. The Labute approximate surface area is 179 Å². The van der Waals surface area contributed by atoms with E-state index in [4.69, 9.17) is 9.47 Å². The molecule has 0 radical (unpaired) electrons. The summed E-state index contributed by atoms with van der Waals surface area (Å²) in [7, 11) is 2.21. The number of benzene rings is 1. The van der Waals surface area contributed by atoms with E-state index in [0.29, 0.717) is 0 Å². The topological polar surface area (TPSA) is 137 Å². The number of alkyl halides is 3. The van der Waals surface area contributed by atoms with Gasteiger partial charge in [0.15, 0.2) is 0 Å². The van der Waals surface area contributed by atoms with Crippen LogP contribution in [-0.4, -0.2) is 62.2 Å². The first kappa shape index (κ1) is 24.8. The van der Waals surface area contributed by atoms with Gasteiger partial charge in [-0.15, -0.1) is 0 Å². The molecule has 32 heavy (non-hydrogen) atoms. The summed E-state index contributed by atoms with van der Waals surface area (Å²) in [6.07, 6.45) is -5.11. The summed E-state index contributed by atoms with van der Waals surface area (Å²) in [4.78, 5) is 34.9. The van der Waals surface area contributed by atoms with Crippen molar-refractivity contribution in [2.45, 2.75) is 12.1 Å². The highest BCUT2D eigenvalue weighted by Crippen LogP contribution is 2.43. The van der Waals surface area contributed by atoms with Gasteiger partial charge in [-0.1, -0.05) is 12.1 Å². The molecule has 1 unspecified atom stereocenters. The van der Waals surface area contributed by atoms with E-state index in [-0.39, 0.29) is 18.8 Å². The first-order valence-electron chi connectivity index (χ1n) is 8.97. The Morgan fingerprint density at radius 1 is 1.22 bits per heavy atom. The fourth-order valence-electron chi connectivity index (χ4n) is 3.14. The molecule has 10 nitrogen and oxygen atoms in total. The van der Waals surface area contributed by atoms with Gasteiger partial charge in [0.25, 0.3) is 5.69 Å². The number of carbonyl (C=O) groups is 2. The lowest BCUT2D eigenvalue weighted by Crippen LogP contribution is -2.40. The molecule has 1 aliphatic heterocycles. The lowest BCUT2D eigenvalue weighted by atomic mass is 9.80. The maximum absolute atomic E-state index is 13.9. The maximum Gasteiger partial charge on any atom is 0.431 e. The molecular formula is C19H19F3N2O8. The summed E-state index contributed by atoms with van der Waals surface area (Å²) < 4.78 is 56.1. The molecule has 0 aliphatic carbocycles. The Morgan fingerprint density at radius 3 is 2.44 bits per heavy atom. The number of nitrogens with zero attached hydrogens (tertiary/aromatic N) is 1. The number of dihydropyridines is 1. The molecule has 2 rings (SSSR count). The SMILES string of the molecule is COCCOCC1=C(C(=O)O)C(c2cccc([N+](=O)[O-])c2)C(C(=O)OC)=C(C(F)(F)F)N1. The summed E-state index contributed by atoms with van der Waals surface area (Å²) in [5, 5.41) is 22.9. The number of nitro groups is 1. The number of hydrogen-bond donors (Lipinski definition) is 2. The molecule has 1 aromatic rings. The quantitative estimate of drug-likeness (QED) is 0.246. The molecule has 1 heterocycles. The van der Waals surface area contributed by atoms with Crippen molar-refractivity contribution < 1.29 is 47.0 Å². The van der Waals surface area contributed by atoms with Crippen molar-refractivity contribution in [3.8, 4) is 0 Å². The zero-order valence-electron chi connectivity index (χ0n) is 16.9. The van der Waals surface area contributed by atoms with Crippen LogP contribution in [0.5, 0.6) is 0 Å². The van der Waals surface area contributed by atoms with Gasteiger partial charge in [0.2, 0.25) is 0 Å². The van der Waals surface area contributed by atoms with Crippen LogP contribution in [0.15, 0.2) is 46.8 Å². The Balaban J connectivity index is 2.78. The fourth-order valence-corrected chi connectivity index (χ4v) is 3.14. The third-order valence-electron chi connectivity index (χ3n) is 4.46. The molecule has 0 saturated heterocycles. The van der Waals surface area contributed by atoms with Crippen LogP contribution in [0, 0.1) is 10.1 Å². The Kier molecular flexibility index (Phi) is 7.94. The number of methoxy groups -OCH3 is 2. The Hall–Kier alpha value is -3.45. The van der Waals surface area contributed by atoms with Crippen molar-refractivity contribution >= 4 is 17.6 Å². The summed E-state index contributed by atoms with van der Waals surface area (Å²) in [6, 6.07) is 4.34. The van der Waals surface area contributed by atoms with Gasteiger partial charge in [-0.2, -0.15) is 13.2 Å². The summed E-state index contributed by atoms with van der Waals surface area (Å²) in [6.45, 7) is -0.533. The van der Waals surface area contributed by atoms with Gasteiger partial charge < -0.3 is 24.6 Å². The molecule has 0 saturated carbocycles. The number of allylic oxidation sites excluding steroid dienone is 1. The number of esters is 1. The lowest BCUT2D eigenvalue weighted by Gasteiger charge is -2.32. The largest absolute Gasteiger partial charge is 0.478 e. The van der Waals surface area contributed by atoms with E-state index in [1.54, 1.807) is 0 Å². The molecule has 13 heteroatoms. The monoisotopic (exact) mass is 460 g/mol. The van der Waals surface area contributed by atoms with Crippen molar-refractivity contribution in [1.82, 2.24) is 5.32 Å². The summed E-state index contributed by atoms with van der Waals surface area (Å²) in [5.74, 6) is -4.92. The van der Waals surface area contributed by atoms with E-state index < -0.39 is 63.8 Å². The van der Waals surface area contributed by atoms with Gasteiger partial charge in [0.1, 0.15) is 5.70 Å². The van der Waals surface area contributed by atoms with Crippen LogP contribution < -0.4 is 5.32 Å². The second-order valence-electron chi connectivity index (χ2n) is 6.43. The van der Waals surface area contributed by atoms with Gasteiger partial charge in [-0.3, -0.25) is 10.1 Å². The van der Waals surface area contributed by atoms with Crippen LogP contribution >= 0.6 is 0 Å². The highest BCUT2D eigenvalue weighted by Gasteiger charge is 2.48. The number of carboxylic acid groups (broad SMARTS) is 1. The smallest absolute Gasteiger partial charge is 0.431 e. The van der Waals surface area contributed by atoms with E-state index in [1.165, 1.54) is 19.2 Å². The maximum atomic E-state index is 13.9. The third-order valence-corrected chi connectivity index (χ3v) is 4.46. The fraction of sp³-hybridized carbons (Fsp3) is 0.368. The number of nitrogens with one attached hydrogen (secondary N) is 1. The van der Waals surface area contributed by atoms with Crippen LogP contribution in [0.4, 0.5) is 18.9 Å². The Morgan fingerprint density at radius 2 is 1.91 bits per heavy atom. The first-order chi connectivity index (χ1) is 15.0. The van der Waals surface area contributed by atoms with Crippen molar-refractivity contribution in [1.29, 1.82) is 0 Å². The van der Waals surface area contributed by atoms with Crippen LogP contribution in [0.3, 0.4) is 0 Å². The number of halogens is 3. The predicted octanol–water partition coefficient (Wildman–Crippen LogP) is 2.27. The second kappa shape index (κ2) is 10.2. The molecule has 0 aromatic heterocycles. The normalized spacial score (nSPS) is 16.6. The lowest BCUT2D eigenvalue weighted by molar-refractivity contribution is -0.384. The number of non-ortho nitro benzene ring substituents is 1. The molecule has 174 valence electrons. The average molecular weight is 460 g/mol. The van der Waals surface area contributed by atoms with Crippen LogP contribution in [0.25, 0.3) is 0 Å². The van der Waals surface area contributed by atoms with Gasteiger partial charge in [-0.05, 0) is 5.56 Å². The molecule has 0 amide bonds. The molecule has 0 bridgehead atoms. The number of aliphatic carboxylic acids is 1. The summed E-state index contributed by atoms with van der Waals surface area (Å²) >= 11 is 0. The van der Waals surface area contributed by atoms with Crippen molar-refractivity contribution in [2.24, 2.45) is 0 Å². The molecule has 1 aliphatic rings. The zero-order chi connectivity index (χ0) is 24.1. The van der Waals surface area contributed by atoms with E-state index in [1.807, 2.05) is 5.32 Å². The zero-order valence-corrected chi connectivity index (χ0v) is 16.9. The predicted molar refractivity (Wildman–Crippen MR) is 101 cm³/mol. The minimum Gasteiger partial charge on any atom is -0.478 e. The molecule has 1 aromatic carbocycles. The molecule has 0 spiro atoms. The molecule has 1 atom stereocenters. The van der Waals surface area contributed by atoms with Gasteiger partial charge in [0, 0.05) is 19.2 Å².